The number of aromatic hydroxyl groups is 2. The van der Waals surface area contributed by atoms with E-state index in [1.54, 1.807) is 26.8 Å². The number of nitriles is 2. The maximum Gasteiger partial charge on any atom is 0.288 e. The molecule has 2 aromatic rings. The minimum absolute atomic E-state index is 0.0170. The van der Waals surface area contributed by atoms with E-state index in [4.69, 9.17) is 10.1 Å². The Morgan fingerprint density at radius 3 is 2.31 bits per heavy atom. The van der Waals surface area contributed by atoms with Gasteiger partial charge in [0.25, 0.3) is 5.69 Å². The second-order valence-electron chi connectivity index (χ2n) is 6.35. The van der Waals surface area contributed by atoms with Crippen LogP contribution in [0.2, 0.25) is 0 Å². The normalized spacial score (nSPS) is 11.5. The lowest BCUT2D eigenvalue weighted by atomic mass is 9.99. The van der Waals surface area contributed by atoms with Gasteiger partial charge in [0.1, 0.15) is 23.5 Å². The molecule has 0 aliphatic heterocycles. The summed E-state index contributed by atoms with van der Waals surface area (Å²) in [4.78, 5) is 5.36. The number of hydrogen-bond acceptors (Lipinski definition) is 7. The van der Waals surface area contributed by atoms with E-state index < -0.39 is 5.60 Å². The first-order valence-corrected chi connectivity index (χ1v) is 7.53. The topological polar surface area (TPSA) is 137 Å². The Balaban J connectivity index is 2.79. The Hall–Kier alpha value is -3.78. The molecular formula is C18H16N4O4. The Labute approximate surface area is 150 Å². The smallest absolute Gasteiger partial charge is 0.288 e. The fraction of sp³-hybridized carbons (Fsp3) is 0.222. The first-order chi connectivity index (χ1) is 12.2. The highest BCUT2D eigenvalue weighted by atomic mass is 16.6. The van der Waals surface area contributed by atoms with Crippen molar-refractivity contribution < 1.29 is 19.8 Å². The number of nitrogens with zero attached hydrogens (tertiary/aromatic N) is 4. The lowest BCUT2D eigenvalue weighted by Gasteiger charge is -2.17. The van der Waals surface area contributed by atoms with E-state index in [1.807, 2.05) is 6.07 Å². The Morgan fingerprint density at radius 1 is 1.15 bits per heavy atom. The van der Waals surface area contributed by atoms with Crippen LogP contribution < -0.4 is 4.73 Å². The van der Waals surface area contributed by atoms with Crippen LogP contribution in [0.4, 0.5) is 0 Å². The van der Waals surface area contributed by atoms with E-state index in [0.717, 1.165) is 12.3 Å². The molecular weight excluding hydrogens is 336 g/mol. The van der Waals surface area contributed by atoms with Crippen molar-refractivity contribution in [1.29, 1.82) is 10.5 Å². The van der Waals surface area contributed by atoms with E-state index in [1.165, 1.54) is 18.2 Å². The maximum absolute atomic E-state index is 12.2. The minimum atomic E-state index is -0.719. The summed E-state index contributed by atoms with van der Waals surface area (Å²) in [7, 11) is 0. The van der Waals surface area contributed by atoms with Gasteiger partial charge in [-0.05, 0) is 39.0 Å². The van der Waals surface area contributed by atoms with Crippen LogP contribution in [-0.2, 0) is 4.84 Å². The average molecular weight is 352 g/mol. The van der Waals surface area contributed by atoms with Crippen molar-refractivity contribution >= 4 is 5.71 Å². The molecule has 2 rings (SSSR count). The highest BCUT2D eigenvalue weighted by molar-refractivity contribution is 6.13. The van der Waals surface area contributed by atoms with Gasteiger partial charge in [-0.1, -0.05) is 5.16 Å². The number of rotatable bonds is 3. The van der Waals surface area contributed by atoms with E-state index in [-0.39, 0.29) is 39.6 Å². The quantitative estimate of drug-likeness (QED) is 0.375. The molecule has 0 amide bonds. The zero-order chi connectivity index (χ0) is 19.5. The summed E-state index contributed by atoms with van der Waals surface area (Å²) in [5, 5.41) is 54.8. The summed E-state index contributed by atoms with van der Waals surface area (Å²) in [6.07, 6.45) is 1.15. The molecule has 0 spiro atoms. The Morgan fingerprint density at radius 2 is 1.77 bits per heavy atom. The van der Waals surface area contributed by atoms with Crippen LogP contribution in [-0.4, -0.2) is 21.5 Å². The molecule has 0 atom stereocenters. The second-order valence-corrected chi connectivity index (χ2v) is 6.35. The van der Waals surface area contributed by atoms with Crippen molar-refractivity contribution in [2.45, 2.75) is 26.4 Å². The van der Waals surface area contributed by atoms with Crippen LogP contribution in [0.15, 0.2) is 35.6 Å². The van der Waals surface area contributed by atoms with Gasteiger partial charge < -0.3 is 20.3 Å². The molecule has 2 N–H and O–H groups in total. The van der Waals surface area contributed by atoms with E-state index in [9.17, 15) is 20.7 Å². The number of aromatic nitrogens is 1. The molecule has 132 valence electrons. The molecule has 8 heteroatoms. The molecule has 0 radical (unpaired) electrons. The van der Waals surface area contributed by atoms with Crippen molar-refractivity contribution in [2.75, 3.05) is 0 Å². The summed E-state index contributed by atoms with van der Waals surface area (Å²) >= 11 is 0. The monoisotopic (exact) mass is 352 g/mol. The van der Waals surface area contributed by atoms with Gasteiger partial charge in [0, 0.05) is 6.07 Å². The Kier molecular flexibility index (Phi) is 4.99. The van der Waals surface area contributed by atoms with Crippen LogP contribution in [0.3, 0.4) is 0 Å². The van der Waals surface area contributed by atoms with Crippen LogP contribution in [0.5, 0.6) is 11.5 Å². The van der Waals surface area contributed by atoms with Gasteiger partial charge >= 0.3 is 0 Å². The van der Waals surface area contributed by atoms with Crippen LogP contribution in [0.1, 0.15) is 43.2 Å². The second kappa shape index (κ2) is 6.99. The van der Waals surface area contributed by atoms with Gasteiger partial charge in [-0.25, -0.2) is 0 Å². The first-order valence-electron chi connectivity index (χ1n) is 7.53. The van der Waals surface area contributed by atoms with Crippen molar-refractivity contribution in [2.24, 2.45) is 5.16 Å². The fourth-order valence-electron chi connectivity index (χ4n) is 2.07. The number of oxime groups is 1. The largest absolute Gasteiger partial charge is 0.618 e. The molecule has 0 saturated heterocycles. The molecule has 1 aromatic heterocycles. The van der Waals surface area contributed by atoms with Gasteiger partial charge in [-0.2, -0.15) is 15.3 Å². The van der Waals surface area contributed by atoms with Crippen LogP contribution >= 0.6 is 0 Å². The van der Waals surface area contributed by atoms with Crippen molar-refractivity contribution in [3.8, 4) is 23.6 Å². The molecule has 0 saturated carbocycles. The third-order valence-electron chi connectivity index (χ3n) is 3.21. The van der Waals surface area contributed by atoms with Crippen molar-refractivity contribution in [3.05, 3.63) is 58.1 Å². The number of phenolic OH excluding ortho intramolecular Hbond substituents is 1. The molecule has 8 nitrogen and oxygen atoms in total. The fourth-order valence-corrected chi connectivity index (χ4v) is 2.07. The molecule has 1 heterocycles. The van der Waals surface area contributed by atoms with Gasteiger partial charge in [0.05, 0.1) is 16.7 Å². The van der Waals surface area contributed by atoms with E-state index in [0.29, 0.717) is 4.73 Å². The summed E-state index contributed by atoms with van der Waals surface area (Å²) < 4.78 is 0.365. The third kappa shape index (κ3) is 3.82. The average Bonchev–Trinajstić information content (AvgIpc) is 2.56. The van der Waals surface area contributed by atoms with E-state index >= 15 is 0 Å². The van der Waals surface area contributed by atoms with Crippen molar-refractivity contribution in [1.82, 2.24) is 0 Å². The van der Waals surface area contributed by atoms with Crippen LogP contribution in [0, 0.1) is 27.9 Å². The van der Waals surface area contributed by atoms with Crippen LogP contribution in [0.25, 0.3) is 0 Å². The van der Waals surface area contributed by atoms with Crippen molar-refractivity contribution in [3.63, 3.8) is 0 Å². The Bertz CT molecular complexity index is 943. The van der Waals surface area contributed by atoms with Gasteiger partial charge in [-0.15, -0.1) is 0 Å². The molecule has 0 fully saturated rings. The molecule has 1 aromatic carbocycles. The predicted molar refractivity (Wildman–Crippen MR) is 91.1 cm³/mol. The first kappa shape index (κ1) is 18.6. The SMILES string of the molecule is CC(C)(C)O/N=C(/c1cc(C#N)c(C#N)cc1O)c1c(O)ccc[n+]1[O-]. The number of pyridine rings is 1. The standard InChI is InChI=1S/C18H16N4O4/c1-18(2,3)26-21-16(17-14(23)5-4-6-22(17)25)13-7-11(9-19)12(10-20)8-15(13)24/h4-8,23-24H,1-3H3/b21-16-. The maximum atomic E-state index is 12.2. The third-order valence-corrected chi connectivity index (χ3v) is 3.21. The molecule has 0 unspecified atom stereocenters. The number of benzene rings is 1. The molecule has 0 aliphatic carbocycles. The van der Waals surface area contributed by atoms with Gasteiger partial charge in [-0.3, -0.25) is 0 Å². The summed E-state index contributed by atoms with van der Waals surface area (Å²) in [5.41, 5.74) is -1.24. The highest BCUT2D eigenvalue weighted by Gasteiger charge is 2.27. The summed E-state index contributed by atoms with van der Waals surface area (Å²) in [6.45, 7) is 5.18. The zero-order valence-electron chi connectivity index (χ0n) is 14.4. The minimum Gasteiger partial charge on any atom is -0.618 e. The molecule has 26 heavy (non-hydrogen) atoms. The molecule has 0 aliphatic rings. The number of hydrogen-bond donors (Lipinski definition) is 2. The molecule has 0 bridgehead atoms. The zero-order valence-corrected chi connectivity index (χ0v) is 14.4. The lowest BCUT2D eigenvalue weighted by Crippen LogP contribution is -2.35. The highest BCUT2D eigenvalue weighted by Crippen LogP contribution is 2.27. The summed E-state index contributed by atoms with van der Waals surface area (Å²) in [6, 6.07) is 8.57. The summed E-state index contributed by atoms with van der Waals surface area (Å²) in [5.74, 6) is -0.777. The lowest BCUT2D eigenvalue weighted by molar-refractivity contribution is -0.607. The predicted octanol–water partition coefficient (Wildman–Crippen LogP) is 2.04. The van der Waals surface area contributed by atoms with Gasteiger partial charge in [0.2, 0.25) is 0 Å². The van der Waals surface area contributed by atoms with Gasteiger partial charge in [0.15, 0.2) is 17.7 Å². The van der Waals surface area contributed by atoms with E-state index in [2.05, 4.69) is 5.16 Å². The number of phenols is 1.